The number of aromatic nitrogens is 2. The van der Waals surface area contributed by atoms with E-state index in [0.717, 1.165) is 25.5 Å². The van der Waals surface area contributed by atoms with Gasteiger partial charge >= 0.3 is 0 Å². The van der Waals surface area contributed by atoms with Gasteiger partial charge < -0.3 is 9.88 Å². The van der Waals surface area contributed by atoms with Crippen LogP contribution < -0.4 is 5.32 Å². The van der Waals surface area contributed by atoms with Gasteiger partial charge in [-0.2, -0.15) is 0 Å². The largest absolute Gasteiger partial charge is 0.326 e. The number of halogens is 1. The normalized spacial score (nSPS) is 11.0. The summed E-state index contributed by atoms with van der Waals surface area (Å²) in [6.07, 6.45) is 1.96. The van der Waals surface area contributed by atoms with Gasteiger partial charge in [-0.25, -0.2) is 4.98 Å². The van der Waals surface area contributed by atoms with E-state index in [1.54, 1.807) is 11.3 Å². The second-order valence-corrected chi connectivity index (χ2v) is 5.71. The van der Waals surface area contributed by atoms with Gasteiger partial charge in [0, 0.05) is 22.1 Å². The van der Waals surface area contributed by atoms with Crippen LogP contribution in [0.1, 0.15) is 23.3 Å². The number of nitrogens with one attached hydrogen (secondary N) is 1. The van der Waals surface area contributed by atoms with E-state index in [2.05, 4.69) is 56.1 Å². The summed E-state index contributed by atoms with van der Waals surface area (Å²) in [5.74, 6) is 1.07. The van der Waals surface area contributed by atoms with E-state index in [1.807, 2.05) is 6.20 Å². The Kier molecular flexibility index (Phi) is 4.36. The topological polar surface area (TPSA) is 29.9 Å². The van der Waals surface area contributed by atoms with E-state index in [1.165, 1.54) is 15.0 Å². The molecule has 0 aromatic carbocycles. The van der Waals surface area contributed by atoms with Crippen molar-refractivity contribution in [3.8, 4) is 0 Å². The molecule has 0 bridgehead atoms. The van der Waals surface area contributed by atoms with Gasteiger partial charge in [0.15, 0.2) is 0 Å². The zero-order chi connectivity index (χ0) is 12.3. The van der Waals surface area contributed by atoms with Gasteiger partial charge in [-0.15, -0.1) is 11.3 Å². The Bertz CT molecular complexity index is 490. The molecule has 0 unspecified atom stereocenters. The highest BCUT2D eigenvalue weighted by Gasteiger charge is 2.09. The predicted octanol–water partition coefficient (Wildman–Crippen LogP) is 3.17. The van der Waals surface area contributed by atoms with Gasteiger partial charge in [-0.05, 0) is 40.8 Å². The summed E-state index contributed by atoms with van der Waals surface area (Å²) in [6, 6.07) is 2.09. The minimum absolute atomic E-state index is 0.875. The zero-order valence-electron chi connectivity index (χ0n) is 10.0. The summed E-state index contributed by atoms with van der Waals surface area (Å²) < 4.78 is 3.45. The minimum atomic E-state index is 0.875. The summed E-state index contributed by atoms with van der Waals surface area (Å²) in [4.78, 5) is 5.73. The zero-order valence-corrected chi connectivity index (χ0v) is 12.4. The van der Waals surface area contributed by atoms with Gasteiger partial charge in [-0.1, -0.05) is 6.92 Å². The summed E-state index contributed by atoms with van der Waals surface area (Å²) in [5, 5.41) is 5.45. The van der Waals surface area contributed by atoms with Crippen molar-refractivity contribution in [2.45, 2.75) is 26.9 Å². The third kappa shape index (κ3) is 2.97. The van der Waals surface area contributed by atoms with Crippen molar-refractivity contribution < 1.29 is 0 Å². The summed E-state index contributed by atoms with van der Waals surface area (Å²) >= 11 is 5.35. The molecule has 92 valence electrons. The van der Waals surface area contributed by atoms with Crippen LogP contribution in [0.5, 0.6) is 0 Å². The molecule has 0 radical (unpaired) electrons. The number of imidazole rings is 1. The van der Waals surface area contributed by atoms with Crippen molar-refractivity contribution in [1.82, 2.24) is 14.9 Å². The van der Waals surface area contributed by atoms with Gasteiger partial charge in [0.05, 0.1) is 12.2 Å². The van der Waals surface area contributed by atoms with Gasteiger partial charge in [0.25, 0.3) is 0 Å². The van der Waals surface area contributed by atoms with E-state index in [0.29, 0.717) is 0 Å². The molecule has 2 aromatic heterocycles. The summed E-state index contributed by atoms with van der Waals surface area (Å²) in [7, 11) is 0. The van der Waals surface area contributed by atoms with E-state index in [9.17, 15) is 0 Å². The average molecular weight is 314 g/mol. The lowest BCUT2D eigenvalue weighted by Gasteiger charge is -2.10. The molecule has 2 heterocycles. The number of rotatable bonds is 5. The van der Waals surface area contributed by atoms with E-state index in [4.69, 9.17) is 0 Å². The molecule has 0 saturated carbocycles. The first kappa shape index (κ1) is 12.8. The smallest absolute Gasteiger partial charge is 0.106 e. The molecular weight excluding hydrogens is 298 g/mol. The van der Waals surface area contributed by atoms with Crippen LogP contribution in [0.15, 0.2) is 22.1 Å². The Morgan fingerprint density at radius 2 is 2.35 bits per heavy atom. The molecule has 0 amide bonds. The maximum Gasteiger partial charge on any atom is 0.106 e. The first-order valence-corrected chi connectivity index (χ1v) is 7.33. The molecular formula is C12H16BrN3S. The van der Waals surface area contributed by atoms with E-state index in [-0.39, 0.29) is 0 Å². The molecule has 0 aliphatic heterocycles. The van der Waals surface area contributed by atoms with Gasteiger partial charge in [0.1, 0.15) is 5.82 Å². The molecule has 2 rings (SSSR count). The maximum atomic E-state index is 4.39. The third-order valence-electron chi connectivity index (χ3n) is 2.69. The van der Waals surface area contributed by atoms with Crippen molar-refractivity contribution in [1.29, 1.82) is 0 Å². The lowest BCUT2D eigenvalue weighted by molar-refractivity contribution is 0.649. The molecule has 2 aromatic rings. The minimum Gasteiger partial charge on any atom is -0.326 e. The maximum absolute atomic E-state index is 4.39. The molecule has 0 spiro atoms. The Hall–Kier alpha value is -0.650. The van der Waals surface area contributed by atoms with Crippen LogP contribution in [0, 0.1) is 6.92 Å². The van der Waals surface area contributed by atoms with E-state index < -0.39 is 0 Å². The molecule has 3 nitrogen and oxygen atoms in total. The highest BCUT2D eigenvalue weighted by atomic mass is 79.9. The van der Waals surface area contributed by atoms with Crippen molar-refractivity contribution >= 4 is 27.3 Å². The lowest BCUT2D eigenvalue weighted by atomic mass is 10.4. The fourth-order valence-electron chi connectivity index (χ4n) is 1.71. The molecule has 0 aliphatic carbocycles. The monoisotopic (exact) mass is 313 g/mol. The Labute approximate surface area is 114 Å². The molecule has 17 heavy (non-hydrogen) atoms. The fourth-order valence-corrected chi connectivity index (χ4v) is 3.17. The first-order valence-electron chi connectivity index (χ1n) is 5.66. The van der Waals surface area contributed by atoms with Crippen LogP contribution in [-0.4, -0.2) is 16.1 Å². The predicted molar refractivity (Wildman–Crippen MR) is 75.5 cm³/mol. The van der Waals surface area contributed by atoms with Gasteiger partial charge in [-0.3, -0.25) is 0 Å². The standard InChI is InChI=1S/C12H16BrN3S/c1-3-14-6-10-7-15-9(2)16(10)8-12-11(13)4-5-17-12/h4-5,7,14H,3,6,8H2,1-2H3. The van der Waals surface area contributed by atoms with E-state index >= 15 is 0 Å². The van der Waals surface area contributed by atoms with Crippen molar-refractivity contribution in [3.63, 3.8) is 0 Å². The molecule has 0 saturated heterocycles. The molecule has 0 aliphatic rings. The number of hydrogen-bond acceptors (Lipinski definition) is 3. The number of nitrogens with zero attached hydrogens (tertiary/aromatic N) is 2. The fraction of sp³-hybridized carbons (Fsp3) is 0.417. The first-order chi connectivity index (χ1) is 8.22. The molecule has 1 N–H and O–H groups in total. The Balaban J connectivity index is 2.19. The molecule has 5 heteroatoms. The van der Waals surface area contributed by atoms with Crippen molar-refractivity contribution in [2.24, 2.45) is 0 Å². The average Bonchev–Trinajstić information content (AvgIpc) is 2.86. The molecule has 0 atom stereocenters. The van der Waals surface area contributed by atoms with Gasteiger partial charge in [0.2, 0.25) is 0 Å². The van der Waals surface area contributed by atoms with Crippen LogP contribution in [0.2, 0.25) is 0 Å². The number of aryl methyl sites for hydroxylation is 1. The highest BCUT2D eigenvalue weighted by molar-refractivity contribution is 9.10. The van der Waals surface area contributed by atoms with Crippen LogP contribution in [0.4, 0.5) is 0 Å². The second-order valence-electron chi connectivity index (χ2n) is 3.85. The quantitative estimate of drug-likeness (QED) is 0.919. The Morgan fingerprint density at radius 3 is 3.00 bits per heavy atom. The van der Waals surface area contributed by atoms with Crippen LogP contribution in [0.3, 0.4) is 0 Å². The molecule has 0 fully saturated rings. The van der Waals surface area contributed by atoms with Crippen molar-refractivity contribution in [2.75, 3.05) is 6.54 Å². The van der Waals surface area contributed by atoms with Crippen molar-refractivity contribution in [3.05, 3.63) is 38.5 Å². The number of thiophene rings is 1. The van der Waals surface area contributed by atoms with Crippen LogP contribution in [0.25, 0.3) is 0 Å². The Morgan fingerprint density at radius 1 is 1.53 bits per heavy atom. The second kappa shape index (κ2) is 5.80. The lowest BCUT2D eigenvalue weighted by Crippen LogP contribution is -2.16. The third-order valence-corrected chi connectivity index (χ3v) is 4.60. The highest BCUT2D eigenvalue weighted by Crippen LogP contribution is 2.24. The summed E-state index contributed by atoms with van der Waals surface area (Å²) in [6.45, 7) is 6.92. The van der Waals surface area contributed by atoms with Crippen LogP contribution >= 0.6 is 27.3 Å². The number of hydrogen-bond donors (Lipinski definition) is 1. The SMILES string of the molecule is CCNCc1cnc(C)n1Cc1sccc1Br. The van der Waals surface area contributed by atoms with Crippen LogP contribution in [-0.2, 0) is 13.1 Å². The summed E-state index contributed by atoms with van der Waals surface area (Å²) in [5.41, 5.74) is 1.24.